The minimum absolute atomic E-state index is 0.0411. The second-order valence-electron chi connectivity index (χ2n) is 2.63. The third-order valence-electron chi connectivity index (χ3n) is 1.54. The summed E-state index contributed by atoms with van der Waals surface area (Å²) in [4.78, 5) is 0. The van der Waals surface area contributed by atoms with Gasteiger partial charge in [-0.1, -0.05) is 0 Å². The van der Waals surface area contributed by atoms with Crippen molar-refractivity contribution in [3.05, 3.63) is 18.2 Å². The lowest BCUT2D eigenvalue weighted by atomic mass is 10.2. The highest BCUT2D eigenvalue weighted by molar-refractivity contribution is 7.90. The minimum atomic E-state index is -3.86. The van der Waals surface area contributed by atoms with E-state index in [0.717, 1.165) is 0 Å². The molecule has 5 N–H and O–H groups in total. The van der Waals surface area contributed by atoms with Gasteiger partial charge in [-0.15, -0.1) is 0 Å². The van der Waals surface area contributed by atoms with Crippen molar-refractivity contribution in [2.45, 2.75) is 0 Å². The molecule has 0 unspecified atom stereocenters. The third kappa shape index (κ3) is 2.79. The number of phenolic OH excluding ortho intramolecular Hbond substituents is 1. The molecule has 1 aromatic carbocycles. The van der Waals surface area contributed by atoms with Crippen LogP contribution in [0.5, 0.6) is 5.75 Å². The van der Waals surface area contributed by atoms with Crippen molar-refractivity contribution in [1.82, 2.24) is 0 Å². The van der Waals surface area contributed by atoms with Gasteiger partial charge in [0.1, 0.15) is 5.75 Å². The van der Waals surface area contributed by atoms with Crippen LogP contribution in [0.25, 0.3) is 0 Å². The van der Waals surface area contributed by atoms with E-state index in [-0.39, 0.29) is 11.4 Å². The molecule has 7 heteroatoms. The van der Waals surface area contributed by atoms with Crippen LogP contribution >= 0.6 is 0 Å². The van der Waals surface area contributed by atoms with Gasteiger partial charge in [0.15, 0.2) is 0 Å². The Morgan fingerprint density at radius 2 is 2.07 bits per heavy atom. The molecule has 0 radical (unpaired) electrons. The van der Waals surface area contributed by atoms with Crippen LogP contribution in [-0.2, 0) is 10.2 Å². The van der Waals surface area contributed by atoms with Gasteiger partial charge in [0.25, 0.3) is 10.2 Å². The summed E-state index contributed by atoms with van der Waals surface area (Å²) < 4.78 is 23.4. The number of rotatable bonds is 3. The summed E-state index contributed by atoms with van der Waals surface area (Å²) in [6, 6.07) is 4.39. The summed E-state index contributed by atoms with van der Waals surface area (Å²) in [5, 5.41) is 16.8. The third-order valence-corrected chi connectivity index (χ3v) is 2.04. The van der Waals surface area contributed by atoms with Crippen LogP contribution in [0.3, 0.4) is 0 Å². The number of aromatic hydroxyl groups is 1. The van der Waals surface area contributed by atoms with E-state index >= 15 is 0 Å². The Morgan fingerprint density at radius 3 is 2.57 bits per heavy atom. The molecule has 0 aliphatic carbocycles. The van der Waals surface area contributed by atoms with Gasteiger partial charge in [-0.2, -0.15) is 8.42 Å². The predicted octanol–water partition coefficient (Wildman–Crippen LogP) is 0.0493. The molecule has 0 aromatic heterocycles. The molecule has 0 heterocycles. The summed E-state index contributed by atoms with van der Waals surface area (Å²) in [5.74, 6) is -0.182. The summed E-state index contributed by atoms with van der Waals surface area (Å²) in [6.07, 6.45) is 0. The van der Waals surface area contributed by atoms with Crippen molar-refractivity contribution >= 4 is 21.6 Å². The highest BCUT2D eigenvalue weighted by atomic mass is 32.2. The first kappa shape index (κ1) is 10.6. The van der Waals surface area contributed by atoms with Gasteiger partial charge in [0, 0.05) is 12.7 Å². The second kappa shape index (κ2) is 3.72. The summed E-state index contributed by atoms with van der Waals surface area (Å²) in [5.41, 5.74) is 0.702. The van der Waals surface area contributed by atoms with Crippen LogP contribution < -0.4 is 15.2 Å². The zero-order valence-corrected chi connectivity index (χ0v) is 8.30. The largest absolute Gasteiger partial charge is 0.506 e. The SMILES string of the molecule is CNc1ccc(O)c(NS(N)(=O)=O)c1. The van der Waals surface area contributed by atoms with Crippen LogP contribution in [-0.4, -0.2) is 20.6 Å². The number of hydrogen-bond donors (Lipinski definition) is 4. The predicted molar refractivity (Wildman–Crippen MR) is 54.4 cm³/mol. The maximum Gasteiger partial charge on any atom is 0.296 e. The fourth-order valence-electron chi connectivity index (χ4n) is 0.927. The summed E-state index contributed by atoms with van der Waals surface area (Å²) >= 11 is 0. The molecule has 1 aromatic rings. The Hall–Kier alpha value is -1.47. The molecule has 0 bridgehead atoms. The van der Waals surface area contributed by atoms with Gasteiger partial charge < -0.3 is 10.4 Å². The van der Waals surface area contributed by atoms with Crippen molar-refractivity contribution in [3.8, 4) is 5.75 Å². The lowest BCUT2D eigenvalue weighted by Crippen LogP contribution is -2.21. The first-order valence-electron chi connectivity index (χ1n) is 3.73. The molecule has 0 saturated heterocycles. The molecule has 1 rings (SSSR count). The molecule has 0 fully saturated rings. The Morgan fingerprint density at radius 1 is 1.43 bits per heavy atom. The number of phenols is 1. The van der Waals surface area contributed by atoms with E-state index in [2.05, 4.69) is 5.32 Å². The van der Waals surface area contributed by atoms with Gasteiger partial charge in [-0.25, -0.2) is 5.14 Å². The number of nitrogens with one attached hydrogen (secondary N) is 2. The van der Waals surface area contributed by atoms with E-state index in [1.807, 2.05) is 4.72 Å². The van der Waals surface area contributed by atoms with Crippen LogP contribution in [0.2, 0.25) is 0 Å². The van der Waals surface area contributed by atoms with Crippen LogP contribution in [0.15, 0.2) is 18.2 Å². The lowest BCUT2D eigenvalue weighted by molar-refractivity contribution is 0.477. The van der Waals surface area contributed by atoms with E-state index in [9.17, 15) is 13.5 Å². The average molecular weight is 217 g/mol. The van der Waals surface area contributed by atoms with Crippen molar-refractivity contribution < 1.29 is 13.5 Å². The van der Waals surface area contributed by atoms with Crippen LogP contribution in [0, 0.1) is 0 Å². The van der Waals surface area contributed by atoms with E-state index in [0.29, 0.717) is 5.69 Å². The average Bonchev–Trinajstić information content (AvgIpc) is 2.06. The van der Waals surface area contributed by atoms with Crippen molar-refractivity contribution in [1.29, 1.82) is 0 Å². The van der Waals surface area contributed by atoms with E-state index < -0.39 is 10.2 Å². The maximum absolute atomic E-state index is 10.7. The molecule has 0 aliphatic rings. The van der Waals surface area contributed by atoms with Crippen molar-refractivity contribution in [3.63, 3.8) is 0 Å². The van der Waals surface area contributed by atoms with Gasteiger partial charge in [0.2, 0.25) is 0 Å². The summed E-state index contributed by atoms with van der Waals surface area (Å²) in [7, 11) is -2.19. The molecular weight excluding hydrogens is 206 g/mol. The topological polar surface area (TPSA) is 104 Å². The number of anilines is 2. The fourth-order valence-corrected chi connectivity index (χ4v) is 1.40. The quantitative estimate of drug-likeness (QED) is 0.424. The molecule has 0 atom stereocenters. The van der Waals surface area contributed by atoms with E-state index in [1.54, 1.807) is 13.1 Å². The van der Waals surface area contributed by atoms with E-state index in [4.69, 9.17) is 5.14 Å². The Labute approximate surface area is 81.9 Å². The fraction of sp³-hybridized carbons (Fsp3) is 0.143. The highest BCUT2D eigenvalue weighted by Gasteiger charge is 2.07. The molecule has 6 nitrogen and oxygen atoms in total. The number of benzene rings is 1. The summed E-state index contributed by atoms with van der Waals surface area (Å²) in [6.45, 7) is 0. The highest BCUT2D eigenvalue weighted by Crippen LogP contribution is 2.26. The smallest absolute Gasteiger partial charge is 0.296 e. The van der Waals surface area contributed by atoms with E-state index in [1.165, 1.54) is 12.1 Å². The van der Waals surface area contributed by atoms with Crippen LogP contribution in [0.1, 0.15) is 0 Å². The zero-order valence-electron chi connectivity index (χ0n) is 7.48. The molecule has 0 aliphatic heterocycles. The maximum atomic E-state index is 10.7. The van der Waals surface area contributed by atoms with Gasteiger partial charge in [0.05, 0.1) is 5.69 Å². The zero-order chi connectivity index (χ0) is 10.8. The molecule has 78 valence electrons. The molecule has 0 spiro atoms. The van der Waals surface area contributed by atoms with Crippen molar-refractivity contribution in [2.24, 2.45) is 5.14 Å². The molecule has 14 heavy (non-hydrogen) atoms. The Bertz CT molecular complexity index is 430. The molecule has 0 saturated carbocycles. The first-order valence-corrected chi connectivity index (χ1v) is 5.28. The van der Waals surface area contributed by atoms with Gasteiger partial charge in [-0.05, 0) is 18.2 Å². The van der Waals surface area contributed by atoms with Crippen molar-refractivity contribution in [2.75, 3.05) is 17.1 Å². The second-order valence-corrected chi connectivity index (χ2v) is 3.92. The first-order chi connectivity index (χ1) is 6.42. The van der Waals surface area contributed by atoms with Gasteiger partial charge in [-0.3, -0.25) is 4.72 Å². The standard InChI is InChI=1S/C7H11N3O3S/c1-9-5-2-3-7(11)6(4-5)10-14(8,12)13/h2-4,9-11H,1H3,(H2,8,12,13). The number of hydrogen-bond acceptors (Lipinski definition) is 4. The van der Waals surface area contributed by atoms with Crippen LogP contribution in [0.4, 0.5) is 11.4 Å². The normalized spacial score (nSPS) is 11.0. The lowest BCUT2D eigenvalue weighted by Gasteiger charge is -2.08. The molecule has 0 amide bonds. The minimum Gasteiger partial charge on any atom is -0.506 e. The number of nitrogens with two attached hydrogens (primary N) is 1. The Kier molecular flexibility index (Phi) is 2.82. The molecular formula is C7H11N3O3S. The Balaban J connectivity index is 3.07. The van der Waals surface area contributed by atoms with Gasteiger partial charge >= 0.3 is 0 Å². The monoisotopic (exact) mass is 217 g/mol.